The van der Waals surface area contributed by atoms with Gasteiger partial charge in [-0.15, -0.1) is 0 Å². The van der Waals surface area contributed by atoms with Crippen molar-refractivity contribution in [1.82, 2.24) is 5.32 Å². The second-order valence-corrected chi connectivity index (χ2v) is 3.19. The van der Waals surface area contributed by atoms with E-state index in [-0.39, 0.29) is 5.54 Å². The predicted molar refractivity (Wildman–Crippen MR) is 43.8 cm³/mol. The third-order valence-electron chi connectivity index (χ3n) is 2.35. The van der Waals surface area contributed by atoms with Crippen LogP contribution in [-0.4, -0.2) is 18.6 Å². The van der Waals surface area contributed by atoms with Crippen molar-refractivity contribution in [1.29, 1.82) is 0 Å². The van der Waals surface area contributed by atoms with Gasteiger partial charge in [-0.2, -0.15) is 0 Å². The van der Waals surface area contributed by atoms with Crippen LogP contribution in [0.25, 0.3) is 0 Å². The Morgan fingerprint density at radius 3 is 2.30 bits per heavy atom. The quantitative estimate of drug-likeness (QED) is 0.525. The second-order valence-electron chi connectivity index (χ2n) is 3.19. The fourth-order valence-electron chi connectivity index (χ4n) is 1.30. The molecule has 0 aromatic rings. The highest BCUT2D eigenvalue weighted by Crippen LogP contribution is 2.21. The van der Waals surface area contributed by atoms with Crippen molar-refractivity contribution in [2.75, 3.05) is 13.1 Å². The molecule has 3 N–H and O–H groups in total. The van der Waals surface area contributed by atoms with Crippen LogP contribution in [0.1, 0.15) is 19.8 Å². The summed E-state index contributed by atoms with van der Waals surface area (Å²) < 4.78 is 0. The van der Waals surface area contributed by atoms with Crippen molar-refractivity contribution in [3.63, 3.8) is 0 Å². The Bertz CT molecular complexity index is 134. The molecular weight excluding hydrogens is 124 g/mol. The number of hydrogen-bond acceptors (Lipinski definition) is 2. The van der Waals surface area contributed by atoms with Crippen molar-refractivity contribution in [3.8, 4) is 0 Å². The minimum Gasteiger partial charge on any atom is -0.322 e. The van der Waals surface area contributed by atoms with E-state index >= 15 is 0 Å². The average molecular weight is 140 g/mol. The molecule has 0 saturated carbocycles. The molecule has 0 amide bonds. The first-order valence-corrected chi connectivity index (χ1v) is 3.81. The lowest BCUT2D eigenvalue weighted by atomic mass is 9.84. The van der Waals surface area contributed by atoms with E-state index in [0.717, 1.165) is 31.5 Å². The Kier molecular flexibility index (Phi) is 2.11. The standard InChI is InChI=1S/C8H16N2/c1-7(2)8(9)3-5-10-6-4-8/h10H,1,3-6,9H2,2H3. The smallest absolute Gasteiger partial charge is 0.0387 e. The Morgan fingerprint density at radius 1 is 1.50 bits per heavy atom. The van der Waals surface area contributed by atoms with Crippen LogP contribution in [0.15, 0.2) is 12.2 Å². The van der Waals surface area contributed by atoms with Crippen LogP contribution in [-0.2, 0) is 0 Å². The lowest BCUT2D eigenvalue weighted by Gasteiger charge is -2.34. The molecule has 10 heavy (non-hydrogen) atoms. The molecule has 0 atom stereocenters. The minimum absolute atomic E-state index is 0.0781. The summed E-state index contributed by atoms with van der Waals surface area (Å²) in [6.45, 7) is 7.98. The van der Waals surface area contributed by atoms with Crippen LogP contribution >= 0.6 is 0 Å². The highest BCUT2D eigenvalue weighted by Gasteiger charge is 2.27. The molecule has 0 unspecified atom stereocenters. The van der Waals surface area contributed by atoms with Gasteiger partial charge >= 0.3 is 0 Å². The van der Waals surface area contributed by atoms with Gasteiger partial charge in [-0.3, -0.25) is 0 Å². The van der Waals surface area contributed by atoms with E-state index in [1.807, 2.05) is 6.92 Å². The van der Waals surface area contributed by atoms with Crippen molar-refractivity contribution in [2.24, 2.45) is 5.73 Å². The summed E-state index contributed by atoms with van der Waals surface area (Å²) in [6, 6.07) is 0. The van der Waals surface area contributed by atoms with E-state index in [4.69, 9.17) is 5.73 Å². The monoisotopic (exact) mass is 140 g/mol. The molecule has 0 spiro atoms. The second kappa shape index (κ2) is 2.72. The minimum atomic E-state index is -0.0781. The molecular formula is C8H16N2. The van der Waals surface area contributed by atoms with Gasteiger partial charge in [0.2, 0.25) is 0 Å². The highest BCUT2D eigenvalue weighted by atomic mass is 14.9. The van der Waals surface area contributed by atoms with Crippen LogP contribution in [0, 0.1) is 0 Å². The van der Waals surface area contributed by atoms with E-state index in [1.165, 1.54) is 0 Å². The van der Waals surface area contributed by atoms with Crippen molar-refractivity contribution in [2.45, 2.75) is 25.3 Å². The van der Waals surface area contributed by atoms with Gasteiger partial charge in [0, 0.05) is 5.54 Å². The zero-order chi connectivity index (χ0) is 7.61. The van der Waals surface area contributed by atoms with Gasteiger partial charge < -0.3 is 11.1 Å². The molecule has 0 aromatic heterocycles. The first-order chi connectivity index (χ1) is 4.65. The lowest BCUT2D eigenvalue weighted by molar-refractivity contribution is 0.358. The zero-order valence-corrected chi connectivity index (χ0v) is 6.61. The molecule has 1 heterocycles. The topological polar surface area (TPSA) is 38.0 Å². The zero-order valence-electron chi connectivity index (χ0n) is 6.61. The fraction of sp³-hybridized carbons (Fsp3) is 0.750. The SMILES string of the molecule is C=C(C)C1(N)CCNCC1. The largest absolute Gasteiger partial charge is 0.322 e. The van der Waals surface area contributed by atoms with Gasteiger partial charge in [-0.1, -0.05) is 12.2 Å². The van der Waals surface area contributed by atoms with Crippen LogP contribution in [0.4, 0.5) is 0 Å². The van der Waals surface area contributed by atoms with Crippen molar-refractivity contribution < 1.29 is 0 Å². The van der Waals surface area contributed by atoms with Gasteiger partial charge in [-0.25, -0.2) is 0 Å². The molecule has 0 aromatic carbocycles. The maximum Gasteiger partial charge on any atom is 0.0387 e. The molecule has 1 saturated heterocycles. The van der Waals surface area contributed by atoms with Crippen LogP contribution in [0.3, 0.4) is 0 Å². The molecule has 58 valence electrons. The lowest BCUT2D eigenvalue weighted by Crippen LogP contribution is -2.49. The predicted octanol–water partition coefficient (Wildman–Crippen LogP) is 0.643. The van der Waals surface area contributed by atoms with Crippen molar-refractivity contribution in [3.05, 3.63) is 12.2 Å². The van der Waals surface area contributed by atoms with E-state index < -0.39 is 0 Å². The number of rotatable bonds is 1. The molecule has 1 aliphatic rings. The fourth-order valence-corrected chi connectivity index (χ4v) is 1.30. The van der Waals surface area contributed by atoms with Gasteiger partial charge in [0.05, 0.1) is 0 Å². The number of nitrogens with two attached hydrogens (primary N) is 1. The number of piperidine rings is 1. The van der Waals surface area contributed by atoms with E-state index in [2.05, 4.69) is 11.9 Å². The molecule has 1 fully saturated rings. The van der Waals surface area contributed by atoms with Crippen LogP contribution in [0.5, 0.6) is 0 Å². The summed E-state index contributed by atoms with van der Waals surface area (Å²) in [6.07, 6.45) is 2.06. The molecule has 1 rings (SSSR count). The summed E-state index contributed by atoms with van der Waals surface area (Å²) in [4.78, 5) is 0. The third kappa shape index (κ3) is 1.39. The maximum absolute atomic E-state index is 6.06. The molecule has 2 nitrogen and oxygen atoms in total. The maximum atomic E-state index is 6.06. The summed E-state index contributed by atoms with van der Waals surface area (Å²) in [5, 5.41) is 3.27. The Hall–Kier alpha value is -0.340. The van der Waals surface area contributed by atoms with E-state index in [9.17, 15) is 0 Å². The van der Waals surface area contributed by atoms with E-state index in [0.29, 0.717) is 0 Å². The molecule has 1 aliphatic heterocycles. The van der Waals surface area contributed by atoms with Gasteiger partial charge in [0.1, 0.15) is 0 Å². The third-order valence-corrected chi connectivity index (χ3v) is 2.35. The van der Waals surface area contributed by atoms with E-state index in [1.54, 1.807) is 0 Å². The van der Waals surface area contributed by atoms with Gasteiger partial charge in [0.15, 0.2) is 0 Å². The summed E-state index contributed by atoms with van der Waals surface area (Å²) in [5.41, 5.74) is 7.10. The summed E-state index contributed by atoms with van der Waals surface area (Å²) >= 11 is 0. The Balaban J connectivity index is 2.56. The van der Waals surface area contributed by atoms with Crippen LogP contribution < -0.4 is 11.1 Å². The molecule has 2 heteroatoms. The summed E-state index contributed by atoms with van der Waals surface area (Å²) in [7, 11) is 0. The first-order valence-electron chi connectivity index (χ1n) is 3.81. The Morgan fingerprint density at radius 2 is 2.00 bits per heavy atom. The van der Waals surface area contributed by atoms with Crippen LogP contribution in [0.2, 0.25) is 0 Å². The first kappa shape index (κ1) is 7.76. The highest BCUT2D eigenvalue weighted by molar-refractivity contribution is 5.14. The molecule has 0 radical (unpaired) electrons. The molecule has 0 bridgehead atoms. The average Bonchev–Trinajstić information content (AvgIpc) is 1.89. The number of nitrogens with one attached hydrogen (secondary N) is 1. The Labute approximate surface area is 62.5 Å². The molecule has 0 aliphatic carbocycles. The van der Waals surface area contributed by atoms with Crippen molar-refractivity contribution >= 4 is 0 Å². The number of hydrogen-bond donors (Lipinski definition) is 2. The summed E-state index contributed by atoms with van der Waals surface area (Å²) in [5.74, 6) is 0. The van der Waals surface area contributed by atoms with Gasteiger partial charge in [0.25, 0.3) is 0 Å². The van der Waals surface area contributed by atoms with Gasteiger partial charge in [-0.05, 0) is 32.9 Å². The normalized spacial score (nSPS) is 24.2.